The van der Waals surface area contributed by atoms with Gasteiger partial charge < -0.3 is 5.11 Å². The normalized spacial score (nSPS) is 25.1. The van der Waals surface area contributed by atoms with Crippen molar-refractivity contribution in [2.45, 2.75) is 68.1 Å². The van der Waals surface area contributed by atoms with Crippen LogP contribution in [0.4, 0.5) is 0 Å². The summed E-state index contributed by atoms with van der Waals surface area (Å²) < 4.78 is 0. The molecule has 0 radical (unpaired) electrons. The van der Waals surface area contributed by atoms with Crippen molar-refractivity contribution in [2.24, 2.45) is 0 Å². The van der Waals surface area contributed by atoms with Crippen molar-refractivity contribution < 1.29 is 5.11 Å². The van der Waals surface area contributed by atoms with E-state index in [0.717, 1.165) is 12.8 Å². The van der Waals surface area contributed by atoms with Crippen LogP contribution in [0.1, 0.15) is 52.0 Å². The average Bonchev–Trinajstić information content (AvgIpc) is 2.32. The molecule has 0 saturated heterocycles. The quantitative estimate of drug-likeness (QED) is 0.855. The molecule has 0 unspecified atom stereocenters. The molecule has 2 heteroatoms. The van der Waals surface area contributed by atoms with Crippen LogP contribution in [0.25, 0.3) is 0 Å². The molecule has 1 aliphatic rings. The van der Waals surface area contributed by atoms with Gasteiger partial charge >= 0.3 is 0 Å². The van der Waals surface area contributed by atoms with E-state index < -0.39 is 0 Å². The minimum absolute atomic E-state index is 0.119. The fourth-order valence-corrected chi connectivity index (χ4v) is 3.64. The van der Waals surface area contributed by atoms with Gasteiger partial charge in [-0.2, -0.15) is 0 Å². The van der Waals surface area contributed by atoms with Gasteiger partial charge in [0, 0.05) is 10.1 Å². The first kappa shape index (κ1) is 14.0. The number of aliphatic hydroxyl groups excluding tert-OH is 1. The summed E-state index contributed by atoms with van der Waals surface area (Å²) in [5, 5.41) is 10.4. The second kappa shape index (κ2) is 5.66. The molecular weight excluding hydrogens is 240 g/mol. The van der Waals surface area contributed by atoms with Gasteiger partial charge in [-0.3, -0.25) is 0 Å². The zero-order valence-corrected chi connectivity index (χ0v) is 12.5. The summed E-state index contributed by atoms with van der Waals surface area (Å²) in [6.45, 7) is 6.71. The van der Waals surface area contributed by atoms with Crippen molar-refractivity contribution in [1.82, 2.24) is 0 Å². The fourth-order valence-electron chi connectivity index (χ4n) is 2.42. The molecule has 0 aromatic heterocycles. The highest BCUT2D eigenvalue weighted by Gasteiger charge is 2.24. The summed E-state index contributed by atoms with van der Waals surface area (Å²) in [4.78, 5) is 1.29. The Bertz CT molecular complexity index is 377. The van der Waals surface area contributed by atoms with E-state index in [0.29, 0.717) is 5.25 Å². The van der Waals surface area contributed by atoms with Crippen LogP contribution in [0.15, 0.2) is 29.2 Å². The van der Waals surface area contributed by atoms with E-state index in [2.05, 4.69) is 45.0 Å². The van der Waals surface area contributed by atoms with Crippen molar-refractivity contribution in [2.75, 3.05) is 0 Å². The zero-order chi connectivity index (χ0) is 13.2. The van der Waals surface area contributed by atoms with E-state index in [1.54, 1.807) is 0 Å². The first-order valence-electron chi connectivity index (χ1n) is 6.92. The predicted molar refractivity (Wildman–Crippen MR) is 79.3 cm³/mol. The summed E-state index contributed by atoms with van der Waals surface area (Å²) >= 11 is 1.84. The average molecular weight is 264 g/mol. The van der Waals surface area contributed by atoms with Gasteiger partial charge in [-0.1, -0.05) is 45.7 Å². The van der Waals surface area contributed by atoms with E-state index in [1.165, 1.54) is 23.3 Å². The lowest BCUT2D eigenvalue weighted by Gasteiger charge is -2.27. The van der Waals surface area contributed by atoms with Crippen molar-refractivity contribution in [3.8, 4) is 0 Å². The molecule has 0 aliphatic heterocycles. The molecule has 0 bridgehead atoms. The number of thioether (sulfide) groups is 1. The highest BCUT2D eigenvalue weighted by molar-refractivity contribution is 8.00. The molecule has 100 valence electrons. The van der Waals surface area contributed by atoms with Crippen LogP contribution < -0.4 is 0 Å². The van der Waals surface area contributed by atoms with Gasteiger partial charge in [-0.05, 0) is 36.0 Å². The second-order valence-electron chi connectivity index (χ2n) is 6.28. The van der Waals surface area contributed by atoms with Crippen molar-refractivity contribution >= 4 is 11.8 Å². The standard InChI is InChI=1S/C16H24OS/c1-16(2,3)12-8-10-13(11-9-12)18-15-7-5-4-6-14(15)17/h8-11,14-15,17H,4-7H2,1-3H3/t14-,15-/m1/s1. The second-order valence-corrected chi connectivity index (χ2v) is 7.60. The Hall–Kier alpha value is -0.470. The van der Waals surface area contributed by atoms with Crippen molar-refractivity contribution in [3.05, 3.63) is 29.8 Å². The Labute approximate surface area is 115 Å². The zero-order valence-electron chi connectivity index (χ0n) is 11.6. The molecular formula is C16H24OS. The Morgan fingerprint density at radius 1 is 1.06 bits per heavy atom. The molecule has 1 nitrogen and oxygen atoms in total. The van der Waals surface area contributed by atoms with E-state index in [9.17, 15) is 5.11 Å². The maximum Gasteiger partial charge on any atom is 0.0662 e. The third-order valence-corrected chi connectivity index (χ3v) is 5.07. The third kappa shape index (κ3) is 3.52. The lowest BCUT2D eigenvalue weighted by atomic mass is 9.87. The molecule has 1 fully saturated rings. The van der Waals surface area contributed by atoms with Crippen LogP contribution in [-0.4, -0.2) is 16.5 Å². The number of hydrogen-bond donors (Lipinski definition) is 1. The van der Waals surface area contributed by atoms with Crippen LogP contribution in [-0.2, 0) is 5.41 Å². The minimum Gasteiger partial charge on any atom is -0.392 e. The van der Waals surface area contributed by atoms with Crippen LogP contribution in [0.5, 0.6) is 0 Å². The van der Waals surface area contributed by atoms with E-state index in [1.807, 2.05) is 11.8 Å². The molecule has 18 heavy (non-hydrogen) atoms. The van der Waals surface area contributed by atoms with Crippen LogP contribution in [0, 0.1) is 0 Å². The van der Waals surface area contributed by atoms with Gasteiger partial charge in [0.15, 0.2) is 0 Å². The Balaban J connectivity index is 2.02. The molecule has 0 heterocycles. The lowest BCUT2D eigenvalue weighted by molar-refractivity contribution is 0.137. The number of rotatable bonds is 2. The molecule has 0 amide bonds. The minimum atomic E-state index is -0.119. The van der Waals surface area contributed by atoms with Crippen LogP contribution in [0.2, 0.25) is 0 Å². The number of benzene rings is 1. The lowest BCUT2D eigenvalue weighted by Crippen LogP contribution is -2.26. The SMILES string of the molecule is CC(C)(C)c1ccc(S[C@@H]2CCCC[C@H]2O)cc1. The smallest absolute Gasteiger partial charge is 0.0662 e. The Morgan fingerprint density at radius 3 is 2.22 bits per heavy atom. The largest absolute Gasteiger partial charge is 0.392 e. The van der Waals surface area contributed by atoms with Gasteiger partial charge in [0.1, 0.15) is 0 Å². The maximum atomic E-state index is 9.99. The molecule has 2 atom stereocenters. The number of aliphatic hydroxyl groups is 1. The molecule has 0 spiro atoms. The molecule has 1 N–H and O–H groups in total. The summed E-state index contributed by atoms with van der Waals surface area (Å²) in [6.07, 6.45) is 4.44. The maximum absolute atomic E-state index is 9.99. The predicted octanol–water partition coefficient (Wildman–Crippen LogP) is 4.38. The first-order chi connectivity index (χ1) is 8.47. The summed E-state index contributed by atoms with van der Waals surface area (Å²) in [5.74, 6) is 0. The Morgan fingerprint density at radius 2 is 1.67 bits per heavy atom. The summed E-state index contributed by atoms with van der Waals surface area (Å²) in [5.41, 5.74) is 1.59. The van der Waals surface area contributed by atoms with E-state index in [-0.39, 0.29) is 11.5 Å². The molecule has 1 saturated carbocycles. The van der Waals surface area contributed by atoms with Gasteiger partial charge in [0.05, 0.1) is 6.10 Å². The summed E-state index contributed by atoms with van der Waals surface area (Å²) in [6, 6.07) is 8.84. The van der Waals surface area contributed by atoms with Crippen LogP contribution >= 0.6 is 11.8 Å². The van der Waals surface area contributed by atoms with Crippen molar-refractivity contribution in [3.63, 3.8) is 0 Å². The number of hydrogen-bond acceptors (Lipinski definition) is 2. The monoisotopic (exact) mass is 264 g/mol. The van der Waals surface area contributed by atoms with Gasteiger partial charge in [0.25, 0.3) is 0 Å². The van der Waals surface area contributed by atoms with Gasteiger partial charge in [0.2, 0.25) is 0 Å². The summed E-state index contributed by atoms with van der Waals surface area (Å²) in [7, 11) is 0. The third-order valence-electron chi connectivity index (χ3n) is 3.68. The Kier molecular flexibility index (Phi) is 4.39. The molecule has 1 aromatic carbocycles. The highest BCUT2D eigenvalue weighted by atomic mass is 32.2. The molecule has 1 aliphatic carbocycles. The van der Waals surface area contributed by atoms with Gasteiger partial charge in [-0.15, -0.1) is 11.8 Å². The highest BCUT2D eigenvalue weighted by Crippen LogP contribution is 2.34. The van der Waals surface area contributed by atoms with E-state index >= 15 is 0 Å². The fraction of sp³-hybridized carbons (Fsp3) is 0.625. The topological polar surface area (TPSA) is 20.2 Å². The van der Waals surface area contributed by atoms with Gasteiger partial charge in [-0.25, -0.2) is 0 Å². The molecule has 1 aromatic rings. The van der Waals surface area contributed by atoms with E-state index in [4.69, 9.17) is 0 Å². The molecule has 2 rings (SSSR count). The van der Waals surface area contributed by atoms with Crippen LogP contribution in [0.3, 0.4) is 0 Å². The van der Waals surface area contributed by atoms with Crippen molar-refractivity contribution in [1.29, 1.82) is 0 Å². The first-order valence-corrected chi connectivity index (χ1v) is 7.80.